The minimum atomic E-state index is -0.780. The number of rotatable bonds is 4. The Morgan fingerprint density at radius 1 is 1.15 bits per heavy atom. The number of nitrogens with one attached hydrogen (secondary N) is 3. The lowest BCUT2D eigenvalue weighted by atomic mass is 10.2. The van der Waals surface area contributed by atoms with Crippen molar-refractivity contribution >= 4 is 38.6 Å². The summed E-state index contributed by atoms with van der Waals surface area (Å²) in [5.74, 6) is -0.300. The molecule has 6 nitrogen and oxygen atoms in total. The van der Waals surface area contributed by atoms with Crippen LogP contribution >= 0.6 is 15.9 Å². The molecule has 0 bridgehead atoms. The largest absolute Gasteiger partial charge is 0.480 e. The van der Waals surface area contributed by atoms with E-state index in [4.69, 9.17) is 4.74 Å². The molecule has 0 saturated carbocycles. The fraction of sp³-hybridized carbons (Fsp3) is 0.158. The van der Waals surface area contributed by atoms with Crippen LogP contribution in [0.15, 0.2) is 53.1 Å². The summed E-state index contributed by atoms with van der Waals surface area (Å²) in [6, 6.07) is 13.0. The van der Waals surface area contributed by atoms with Crippen molar-refractivity contribution in [2.75, 3.05) is 0 Å². The van der Waals surface area contributed by atoms with Gasteiger partial charge >= 0.3 is 0 Å². The molecule has 0 saturated heterocycles. The van der Waals surface area contributed by atoms with E-state index >= 15 is 0 Å². The second-order valence-electron chi connectivity index (χ2n) is 5.89. The fourth-order valence-corrected chi connectivity index (χ4v) is 3.08. The van der Waals surface area contributed by atoms with Crippen LogP contribution in [0, 0.1) is 6.92 Å². The van der Waals surface area contributed by atoms with Crippen LogP contribution in [0.4, 0.5) is 0 Å². The highest BCUT2D eigenvalue weighted by Crippen LogP contribution is 2.26. The lowest BCUT2D eigenvalue weighted by Gasteiger charge is -2.16. The molecule has 0 aliphatic carbocycles. The average molecular weight is 416 g/mol. The van der Waals surface area contributed by atoms with Crippen LogP contribution in [0.5, 0.6) is 5.75 Å². The number of hydrogen-bond donors (Lipinski definition) is 3. The van der Waals surface area contributed by atoms with Crippen molar-refractivity contribution in [2.24, 2.45) is 0 Å². The van der Waals surface area contributed by atoms with E-state index in [1.165, 1.54) is 0 Å². The lowest BCUT2D eigenvalue weighted by molar-refractivity contribution is -0.128. The van der Waals surface area contributed by atoms with Crippen LogP contribution in [0.2, 0.25) is 0 Å². The molecule has 26 heavy (non-hydrogen) atoms. The highest BCUT2D eigenvalue weighted by atomic mass is 79.9. The summed E-state index contributed by atoms with van der Waals surface area (Å²) in [6.45, 7) is 3.57. The van der Waals surface area contributed by atoms with Crippen molar-refractivity contribution in [1.29, 1.82) is 0 Å². The van der Waals surface area contributed by atoms with Gasteiger partial charge in [-0.15, -0.1) is 0 Å². The molecule has 1 atom stereocenters. The first-order chi connectivity index (χ1) is 12.5. The number of H-pyrrole nitrogens is 1. The molecule has 1 heterocycles. The van der Waals surface area contributed by atoms with Gasteiger partial charge in [-0.25, -0.2) is 0 Å². The van der Waals surface area contributed by atoms with Gasteiger partial charge in [0, 0.05) is 17.1 Å². The monoisotopic (exact) mass is 415 g/mol. The number of carbonyl (C=O) groups excluding carboxylic acids is 2. The second kappa shape index (κ2) is 7.61. The number of fused-ring (bicyclic) bond motifs is 1. The van der Waals surface area contributed by atoms with Crippen molar-refractivity contribution in [2.45, 2.75) is 20.0 Å². The number of amides is 2. The summed E-state index contributed by atoms with van der Waals surface area (Å²) in [4.78, 5) is 27.5. The molecule has 3 N–H and O–H groups in total. The third-order valence-corrected chi connectivity index (χ3v) is 4.51. The first-order valence-electron chi connectivity index (χ1n) is 8.05. The molecule has 0 radical (unpaired) electrons. The Labute approximate surface area is 159 Å². The topological polar surface area (TPSA) is 83.2 Å². The molecular weight excluding hydrogens is 398 g/mol. The Kier molecular flexibility index (Phi) is 5.27. The molecule has 2 amide bonds. The van der Waals surface area contributed by atoms with Gasteiger partial charge in [-0.1, -0.05) is 24.3 Å². The summed E-state index contributed by atoms with van der Waals surface area (Å²) in [5, 5.41) is 0.784. The molecule has 1 aromatic heterocycles. The quantitative estimate of drug-likeness (QED) is 0.570. The van der Waals surface area contributed by atoms with Crippen molar-refractivity contribution in [3.8, 4) is 5.75 Å². The Morgan fingerprint density at radius 3 is 2.69 bits per heavy atom. The maximum Gasteiger partial charge on any atom is 0.279 e. The molecule has 0 spiro atoms. The van der Waals surface area contributed by atoms with Gasteiger partial charge in [0.25, 0.3) is 11.8 Å². The van der Waals surface area contributed by atoms with E-state index in [1.54, 1.807) is 19.2 Å². The summed E-state index contributed by atoms with van der Waals surface area (Å²) in [7, 11) is 0. The molecule has 0 aliphatic heterocycles. The lowest BCUT2D eigenvalue weighted by Crippen LogP contribution is -2.47. The number of para-hydroxylation sites is 1. The van der Waals surface area contributed by atoms with Gasteiger partial charge in [-0.05, 0) is 53.5 Å². The smallest absolute Gasteiger partial charge is 0.279 e. The molecule has 0 fully saturated rings. The third-order valence-electron chi connectivity index (χ3n) is 3.89. The van der Waals surface area contributed by atoms with Crippen LogP contribution in [-0.2, 0) is 4.79 Å². The zero-order chi connectivity index (χ0) is 18.7. The van der Waals surface area contributed by atoms with Crippen molar-refractivity contribution < 1.29 is 14.3 Å². The van der Waals surface area contributed by atoms with E-state index < -0.39 is 17.9 Å². The van der Waals surface area contributed by atoms with Crippen LogP contribution in [0.1, 0.15) is 22.8 Å². The number of aromatic nitrogens is 1. The standard InChI is InChI=1S/C19H18BrN3O3/c1-11-7-8-17(15(20)9-11)26-12(2)18(24)22-23-19(25)14-10-21-16-6-4-3-5-13(14)16/h3-10,12,21H,1-2H3,(H,22,24)(H,23,25). The number of carbonyl (C=O) groups is 2. The summed E-state index contributed by atoms with van der Waals surface area (Å²) in [6.07, 6.45) is 0.826. The Bertz CT molecular complexity index is 968. The SMILES string of the molecule is Cc1ccc(OC(C)C(=O)NNC(=O)c2c[nH]c3ccccc23)c(Br)c1. The van der Waals surface area contributed by atoms with Crippen LogP contribution in [0.3, 0.4) is 0 Å². The molecular formula is C19H18BrN3O3. The second-order valence-corrected chi connectivity index (χ2v) is 6.74. The van der Waals surface area contributed by atoms with Gasteiger partial charge in [0.15, 0.2) is 6.10 Å². The first-order valence-corrected chi connectivity index (χ1v) is 8.84. The minimum absolute atomic E-state index is 0.403. The van der Waals surface area contributed by atoms with Gasteiger partial charge in [0.05, 0.1) is 10.0 Å². The Balaban J connectivity index is 1.60. The molecule has 0 aliphatic rings. The number of hydrazine groups is 1. The van der Waals surface area contributed by atoms with E-state index in [0.717, 1.165) is 20.9 Å². The molecule has 2 aromatic carbocycles. The van der Waals surface area contributed by atoms with Crippen molar-refractivity contribution in [3.05, 3.63) is 64.3 Å². The molecule has 134 valence electrons. The Hall–Kier alpha value is -2.80. The summed E-state index contributed by atoms with van der Waals surface area (Å²) in [5.41, 5.74) is 7.19. The summed E-state index contributed by atoms with van der Waals surface area (Å²) >= 11 is 3.41. The van der Waals surface area contributed by atoms with Crippen molar-refractivity contribution in [3.63, 3.8) is 0 Å². The molecule has 3 aromatic rings. The molecule has 1 unspecified atom stereocenters. The average Bonchev–Trinajstić information content (AvgIpc) is 3.06. The number of ether oxygens (including phenoxy) is 1. The Morgan fingerprint density at radius 2 is 1.92 bits per heavy atom. The maximum atomic E-state index is 12.3. The van der Waals surface area contributed by atoms with Crippen LogP contribution < -0.4 is 15.6 Å². The minimum Gasteiger partial charge on any atom is -0.480 e. The van der Waals surface area contributed by atoms with Gasteiger partial charge in [-0.3, -0.25) is 20.4 Å². The number of benzene rings is 2. The molecule has 7 heteroatoms. The maximum absolute atomic E-state index is 12.3. The zero-order valence-corrected chi connectivity index (χ0v) is 15.9. The number of hydrogen-bond acceptors (Lipinski definition) is 3. The number of aryl methyl sites for hydroxylation is 1. The zero-order valence-electron chi connectivity index (χ0n) is 14.3. The van der Waals surface area contributed by atoms with Gasteiger partial charge in [-0.2, -0.15) is 0 Å². The van der Waals surface area contributed by atoms with Crippen LogP contribution in [0.25, 0.3) is 10.9 Å². The highest BCUT2D eigenvalue weighted by Gasteiger charge is 2.18. The van der Waals surface area contributed by atoms with E-state index in [-0.39, 0.29) is 0 Å². The van der Waals surface area contributed by atoms with Gasteiger partial charge in [0.2, 0.25) is 0 Å². The number of halogens is 1. The van der Waals surface area contributed by atoms with E-state index in [2.05, 4.69) is 31.8 Å². The third kappa shape index (κ3) is 3.88. The van der Waals surface area contributed by atoms with E-state index in [9.17, 15) is 9.59 Å². The summed E-state index contributed by atoms with van der Waals surface area (Å²) < 4.78 is 6.40. The van der Waals surface area contributed by atoms with Crippen molar-refractivity contribution in [1.82, 2.24) is 15.8 Å². The molecule has 3 rings (SSSR count). The number of aromatic amines is 1. The predicted octanol–water partition coefficient (Wildman–Crippen LogP) is 3.47. The van der Waals surface area contributed by atoms with Gasteiger partial charge < -0.3 is 9.72 Å². The van der Waals surface area contributed by atoms with E-state index in [0.29, 0.717) is 11.3 Å². The first kappa shape index (κ1) is 18.0. The highest BCUT2D eigenvalue weighted by molar-refractivity contribution is 9.10. The normalized spacial score (nSPS) is 11.8. The van der Waals surface area contributed by atoms with Crippen LogP contribution in [-0.4, -0.2) is 22.9 Å². The predicted molar refractivity (Wildman–Crippen MR) is 103 cm³/mol. The fourth-order valence-electron chi connectivity index (χ4n) is 2.49. The van der Waals surface area contributed by atoms with Gasteiger partial charge in [0.1, 0.15) is 5.75 Å². The van der Waals surface area contributed by atoms with E-state index in [1.807, 2.05) is 43.3 Å².